The monoisotopic (exact) mass is 326 g/mol. The van der Waals surface area contributed by atoms with Gasteiger partial charge in [-0.15, -0.1) is 0 Å². The first kappa shape index (κ1) is 13.3. The second-order valence-electron chi connectivity index (χ2n) is 4.08. The number of hydrogen-bond donors (Lipinski definition) is 0. The molecule has 0 saturated heterocycles. The van der Waals surface area contributed by atoms with E-state index in [1.54, 1.807) is 0 Å². The van der Waals surface area contributed by atoms with Gasteiger partial charge in [-0.1, -0.05) is 43.6 Å². The van der Waals surface area contributed by atoms with Gasteiger partial charge in [0.25, 0.3) is 0 Å². The summed E-state index contributed by atoms with van der Waals surface area (Å²) in [7, 11) is 0. The number of hydrogen-bond acceptors (Lipinski definition) is 3. The van der Waals surface area contributed by atoms with Crippen molar-refractivity contribution in [3.05, 3.63) is 45.8 Å². The minimum atomic E-state index is 0.335. The molecule has 5 heteroatoms. The predicted octanol–water partition coefficient (Wildman–Crippen LogP) is 4.81. The second-order valence-corrected chi connectivity index (χ2v) is 5.23. The van der Waals surface area contributed by atoms with Crippen LogP contribution in [0.1, 0.15) is 25.3 Å². The van der Waals surface area contributed by atoms with Crippen LogP contribution in [0.4, 0.5) is 0 Å². The summed E-state index contributed by atoms with van der Waals surface area (Å²) in [6.45, 7) is 4.23. The highest BCUT2D eigenvalue weighted by atomic mass is 79.9. The van der Waals surface area contributed by atoms with Crippen LogP contribution in [-0.4, -0.2) is 9.97 Å². The summed E-state index contributed by atoms with van der Waals surface area (Å²) in [6, 6.07) is 7.87. The molecule has 0 N–H and O–H groups in total. The Hall–Kier alpha value is -1.13. The molecule has 1 heterocycles. The van der Waals surface area contributed by atoms with Crippen molar-refractivity contribution in [2.75, 3.05) is 0 Å². The maximum Gasteiger partial charge on any atom is 0.238 e. The van der Waals surface area contributed by atoms with E-state index in [4.69, 9.17) is 16.3 Å². The Morgan fingerprint density at radius 2 is 1.94 bits per heavy atom. The zero-order valence-corrected chi connectivity index (χ0v) is 12.4. The zero-order chi connectivity index (χ0) is 13.1. The van der Waals surface area contributed by atoms with Gasteiger partial charge in [-0.25, -0.2) is 9.97 Å². The van der Waals surface area contributed by atoms with E-state index in [2.05, 4.69) is 39.7 Å². The van der Waals surface area contributed by atoms with Gasteiger partial charge in [0.1, 0.15) is 16.5 Å². The van der Waals surface area contributed by atoms with E-state index in [0.29, 0.717) is 21.4 Å². The Balaban J connectivity index is 2.37. The van der Waals surface area contributed by atoms with Crippen molar-refractivity contribution in [1.29, 1.82) is 0 Å². The standard InChI is InChI=1S/C13H12BrClN2O/c1-8(2)9-5-3-4-6-10(9)18-13-11(14)12(15)16-7-17-13/h3-8H,1-2H3. The van der Waals surface area contributed by atoms with Crippen LogP contribution in [0.25, 0.3) is 0 Å². The fourth-order valence-electron chi connectivity index (χ4n) is 1.56. The minimum absolute atomic E-state index is 0.335. The van der Waals surface area contributed by atoms with Gasteiger partial charge in [0.05, 0.1) is 0 Å². The maximum absolute atomic E-state index is 5.90. The predicted molar refractivity (Wildman–Crippen MR) is 75.3 cm³/mol. The van der Waals surface area contributed by atoms with Crippen molar-refractivity contribution >= 4 is 27.5 Å². The largest absolute Gasteiger partial charge is 0.437 e. The molecule has 1 aromatic heterocycles. The molecule has 0 radical (unpaired) electrons. The lowest BCUT2D eigenvalue weighted by atomic mass is 10.0. The lowest BCUT2D eigenvalue weighted by Gasteiger charge is -2.13. The SMILES string of the molecule is CC(C)c1ccccc1Oc1ncnc(Cl)c1Br. The third kappa shape index (κ3) is 2.82. The number of benzene rings is 1. The molecular formula is C13H12BrClN2O. The first-order valence-corrected chi connectivity index (χ1v) is 6.69. The van der Waals surface area contributed by atoms with E-state index in [-0.39, 0.29) is 0 Å². The van der Waals surface area contributed by atoms with Gasteiger partial charge in [0, 0.05) is 0 Å². The number of ether oxygens (including phenoxy) is 1. The van der Waals surface area contributed by atoms with Crippen LogP contribution in [0, 0.1) is 0 Å². The molecule has 0 saturated carbocycles. The Bertz CT molecular complexity index is 560. The third-order valence-corrected chi connectivity index (χ3v) is 3.69. The van der Waals surface area contributed by atoms with E-state index >= 15 is 0 Å². The molecule has 3 nitrogen and oxygen atoms in total. The normalized spacial score (nSPS) is 10.7. The van der Waals surface area contributed by atoms with E-state index in [1.165, 1.54) is 6.33 Å². The third-order valence-electron chi connectivity index (χ3n) is 2.46. The van der Waals surface area contributed by atoms with Crippen LogP contribution in [0.3, 0.4) is 0 Å². The molecular weight excluding hydrogens is 316 g/mol. The van der Waals surface area contributed by atoms with Crippen molar-refractivity contribution < 1.29 is 4.74 Å². The molecule has 0 aliphatic carbocycles. The molecule has 0 amide bonds. The van der Waals surface area contributed by atoms with Crippen LogP contribution in [0.15, 0.2) is 35.1 Å². The summed E-state index contributed by atoms with van der Waals surface area (Å²) in [5.74, 6) is 1.57. The molecule has 18 heavy (non-hydrogen) atoms. The number of halogens is 2. The fourth-order valence-corrected chi connectivity index (χ4v) is 1.97. The lowest BCUT2D eigenvalue weighted by Crippen LogP contribution is -1.96. The highest BCUT2D eigenvalue weighted by Crippen LogP contribution is 2.34. The van der Waals surface area contributed by atoms with Gasteiger partial charge in [-0.05, 0) is 33.5 Å². The highest BCUT2D eigenvalue weighted by Gasteiger charge is 2.12. The Labute approximate surface area is 119 Å². The smallest absolute Gasteiger partial charge is 0.238 e. The quantitative estimate of drug-likeness (QED) is 0.759. The molecule has 2 rings (SSSR count). The average molecular weight is 328 g/mol. The summed E-state index contributed by atoms with van der Waals surface area (Å²) in [4.78, 5) is 7.94. The second kappa shape index (κ2) is 5.67. The van der Waals surface area contributed by atoms with Crippen molar-refractivity contribution in [2.45, 2.75) is 19.8 Å². The van der Waals surface area contributed by atoms with Crippen LogP contribution >= 0.6 is 27.5 Å². The molecule has 0 spiro atoms. The number of rotatable bonds is 3. The first-order chi connectivity index (χ1) is 8.59. The average Bonchev–Trinajstić information content (AvgIpc) is 2.35. The van der Waals surface area contributed by atoms with E-state index in [1.807, 2.05) is 24.3 Å². The molecule has 0 bridgehead atoms. The lowest BCUT2D eigenvalue weighted by molar-refractivity contribution is 0.450. The Morgan fingerprint density at radius 3 is 2.67 bits per heavy atom. The van der Waals surface area contributed by atoms with Crippen LogP contribution in [0.2, 0.25) is 5.15 Å². The van der Waals surface area contributed by atoms with Crippen LogP contribution in [0.5, 0.6) is 11.6 Å². The Kier molecular flexibility index (Phi) is 4.19. The molecule has 1 aromatic carbocycles. The number of aromatic nitrogens is 2. The number of nitrogens with zero attached hydrogens (tertiary/aromatic N) is 2. The summed E-state index contributed by atoms with van der Waals surface area (Å²) in [5, 5.41) is 0.335. The molecule has 0 unspecified atom stereocenters. The molecule has 0 fully saturated rings. The molecule has 94 valence electrons. The van der Waals surface area contributed by atoms with Crippen molar-refractivity contribution in [1.82, 2.24) is 9.97 Å². The molecule has 0 aliphatic rings. The maximum atomic E-state index is 5.90. The van der Waals surface area contributed by atoms with Gasteiger partial charge >= 0.3 is 0 Å². The van der Waals surface area contributed by atoms with Gasteiger partial charge in [-0.2, -0.15) is 0 Å². The van der Waals surface area contributed by atoms with Gasteiger partial charge in [0.2, 0.25) is 5.88 Å². The van der Waals surface area contributed by atoms with Crippen molar-refractivity contribution in [3.63, 3.8) is 0 Å². The highest BCUT2D eigenvalue weighted by molar-refractivity contribution is 9.10. The van der Waals surface area contributed by atoms with E-state index < -0.39 is 0 Å². The fraction of sp³-hybridized carbons (Fsp3) is 0.231. The van der Waals surface area contributed by atoms with Crippen molar-refractivity contribution in [3.8, 4) is 11.6 Å². The van der Waals surface area contributed by atoms with Crippen LogP contribution < -0.4 is 4.74 Å². The van der Waals surface area contributed by atoms with Gasteiger partial charge in [0.15, 0.2) is 5.15 Å². The summed E-state index contributed by atoms with van der Waals surface area (Å²) < 4.78 is 6.36. The topological polar surface area (TPSA) is 35.0 Å². The summed E-state index contributed by atoms with van der Waals surface area (Å²) in [6.07, 6.45) is 1.38. The molecule has 2 aromatic rings. The van der Waals surface area contributed by atoms with Gasteiger partial charge in [-0.3, -0.25) is 0 Å². The molecule has 0 atom stereocenters. The summed E-state index contributed by atoms with van der Waals surface area (Å²) >= 11 is 9.22. The molecule has 0 aliphatic heterocycles. The van der Waals surface area contributed by atoms with E-state index in [0.717, 1.165) is 11.3 Å². The first-order valence-electron chi connectivity index (χ1n) is 5.52. The van der Waals surface area contributed by atoms with E-state index in [9.17, 15) is 0 Å². The van der Waals surface area contributed by atoms with Crippen molar-refractivity contribution in [2.24, 2.45) is 0 Å². The number of para-hydroxylation sites is 1. The summed E-state index contributed by atoms with van der Waals surface area (Å²) in [5.41, 5.74) is 1.12. The van der Waals surface area contributed by atoms with Crippen LogP contribution in [-0.2, 0) is 0 Å². The zero-order valence-electron chi connectivity index (χ0n) is 10.0. The Morgan fingerprint density at radius 1 is 1.22 bits per heavy atom. The van der Waals surface area contributed by atoms with Gasteiger partial charge < -0.3 is 4.74 Å². The minimum Gasteiger partial charge on any atom is -0.437 e.